The predicted molar refractivity (Wildman–Crippen MR) is 94.9 cm³/mol. The van der Waals surface area contributed by atoms with Crippen molar-refractivity contribution in [3.8, 4) is 0 Å². The molecule has 0 spiro atoms. The smallest absolute Gasteiger partial charge is 0.182 e. The van der Waals surface area contributed by atoms with Crippen LogP contribution < -0.4 is 11.1 Å². The number of halogens is 1. The molecule has 126 valence electrons. The number of aliphatic hydroxyl groups is 1. The second kappa shape index (κ2) is 9.82. The molecular weight excluding hydrogens is 300 g/mol. The average Bonchev–Trinajstić information content (AvgIpc) is 2.53. The lowest BCUT2D eigenvalue weighted by atomic mass is 9.84. The first-order valence-electron chi connectivity index (χ1n) is 7.84. The molecule has 0 saturated carbocycles. The predicted octanol–water partition coefficient (Wildman–Crippen LogP) is 3.38. The van der Waals surface area contributed by atoms with Crippen LogP contribution in [0, 0.1) is 0 Å². The highest BCUT2D eigenvalue weighted by Crippen LogP contribution is 2.22. The van der Waals surface area contributed by atoms with E-state index in [1.54, 1.807) is 12.1 Å². The Labute approximate surface area is 139 Å². The highest BCUT2D eigenvalue weighted by molar-refractivity contribution is 6.01. The van der Waals surface area contributed by atoms with Gasteiger partial charge in [-0.3, -0.25) is 4.79 Å². The maximum Gasteiger partial charge on any atom is 0.182 e. The van der Waals surface area contributed by atoms with E-state index in [9.17, 15) is 9.90 Å². The molecular formula is C17H29ClN2O2. The van der Waals surface area contributed by atoms with Crippen molar-refractivity contribution in [2.75, 3.05) is 11.9 Å². The molecule has 0 bridgehead atoms. The number of benzene rings is 1. The first-order chi connectivity index (χ1) is 9.98. The largest absolute Gasteiger partial charge is 0.388 e. The number of ketones is 1. The summed E-state index contributed by atoms with van der Waals surface area (Å²) < 4.78 is 0. The number of carbonyl (C=O) groups excluding carboxylic acids is 1. The Hall–Kier alpha value is -1.10. The molecule has 0 amide bonds. The van der Waals surface area contributed by atoms with E-state index in [-0.39, 0.29) is 18.2 Å². The zero-order valence-electron chi connectivity index (χ0n) is 13.8. The van der Waals surface area contributed by atoms with Crippen molar-refractivity contribution < 1.29 is 9.90 Å². The van der Waals surface area contributed by atoms with Crippen LogP contribution in [-0.4, -0.2) is 29.1 Å². The molecule has 1 aromatic carbocycles. The summed E-state index contributed by atoms with van der Waals surface area (Å²) >= 11 is 0. The number of nitrogens with two attached hydrogens (primary N) is 1. The van der Waals surface area contributed by atoms with Crippen LogP contribution in [-0.2, 0) is 0 Å². The number of unbranched alkanes of at least 4 members (excludes halogenated alkanes) is 1. The summed E-state index contributed by atoms with van der Waals surface area (Å²) in [7, 11) is 0. The van der Waals surface area contributed by atoms with Crippen molar-refractivity contribution in [3.63, 3.8) is 0 Å². The second-order valence-electron chi connectivity index (χ2n) is 5.51. The van der Waals surface area contributed by atoms with E-state index < -0.39 is 11.6 Å². The zero-order chi connectivity index (χ0) is 15.9. The van der Waals surface area contributed by atoms with Gasteiger partial charge in [0.05, 0.1) is 11.6 Å². The molecule has 4 N–H and O–H groups in total. The van der Waals surface area contributed by atoms with Gasteiger partial charge in [0.15, 0.2) is 5.78 Å². The minimum Gasteiger partial charge on any atom is -0.388 e. The van der Waals surface area contributed by atoms with Crippen molar-refractivity contribution >= 4 is 23.9 Å². The average molecular weight is 329 g/mol. The fourth-order valence-corrected chi connectivity index (χ4v) is 2.28. The van der Waals surface area contributed by atoms with Crippen LogP contribution in [0.15, 0.2) is 24.3 Å². The Morgan fingerprint density at radius 3 is 2.23 bits per heavy atom. The molecule has 22 heavy (non-hydrogen) atoms. The standard InChI is InChI=1S/C17H28N2O2.ClH/c1-4-7-12-19-14-10-8-13(9-11-14)15(20)16(18)17(21,5-2)6-3;/h8-11,16,19,21H,4-7,12,18H2,1-3H3;1H. The topological polar surface area (TPSA) is 75.4 Å². The van der Waals surface area contributed by atoms with Crippen molar-refractivity contribution in [3.05, 3.63) is 29.8 Å². The summed E-state index contributed by atoms with van der Waals surface area (Å²) in [5.74, 6) is -0.207. The Bertz CT molecular complexity index is 444. The van der Waals surface area contributed by atoms with Gasteiger partial charge in [0.1, 0.15) is 0 Å². The Kier molecular flexibility index (Phi) is 9.33. The van der Waals surface area contributed by atoms with E-state index in [2.05, 4.69) is 12.2 Å². The van der Waals surface area contributed by atoms with Gasteiger partial charge in [-0.1, -0.05) is 27.2 Å². The van der Waals surface area contributed by atoms with Gasteiger partial charge >= 0.3 is 0 Å². The van der Waals surface area contributed by atoms with Gasteiger partial charge in [-0.25, -0.2) is 0 Å². The molecule has 0 aliphatic rings. The van der Waals surface area contributed by atoms with Crippen LogP contribution in [0.4, 0.5) is 5.69 Å². The van der Waals surface area contributed by atoms with Gasteiger partial charge in [-0.15, -0.1) is 12.4 Å². The highest BCUT2D eigenvalue weighted by Gasteiger charge is 2.35. The van der Waals surface area contributed by atoms with E-state index in [1.165, 1.54) is 0 Å². The first kappa shape index (κ1) is 20.9. The quantitative estimate of drug-likeness (QED) is 0.480. The van der Waals surface area contributed by atoms with E-state index in [1.807, 2.05) is 26.0 Å². The number of hydrogen-bond donors (Lipinski definition) is 3. The summed E-state index contributed by atoms with van der Waals surface area (Å²) in [6, 6.07) is 6.41. The lowest BCUT2D eigenvalue weighted by molar-refractivity contribution is 0.00981. The molecule has 1 atom stereocenters. The molecule has 0 aliphatic carbocycles. The Balaban J connectivity index is 0.00000441. The van der Waals surface area contributed by atoms with Gasteiger partial charge in [0.25, 0.3) is 0 Å². The zero-order valence-corrected chi connectivity index (χ0v) is 14.6. The lowest BCUT2D eigenvalue weighted by Gasteiger charge is -2.30. The summed E-state index contributed by atoms with van der Waals surface area (Å²) in [5.41, 5.74) is 6.38. The fraction of sp³-hybridized carbons (Fsp3) is 0.588. The fourth-order valence-electron chi connectivity index (χ4n) is 2.28. The molecule has 0 radical (unpaired) electrons. The molecule has 1 aromatic rings. The summed E-state index contributed by atoms with van der Waals surface area (Å²) in [6.45, 7) is 6.76. The number of nitrogens with one attached hydrogen (secondary N) is 1. The van der Waals surface area contributed by atoms with E-state index in [0.29, 0.717) is 18.4 Å². The van der Waals surface area contributed by atoms with Crippen LogP contribution in [0.2, 0.25) is 0 Å². The second-order valence-corrected chi connectivity index (χ2v) is 5.51. The molecule has 0 aromatic heterocycles. The van der Waals surface area contributed by atoms with Gasteiger partial charge < -0.3 is 16.2 Å². The lowest BCUT2D eigenvalue weighted by Crippen LogP contribution is -2.52. The van der Waals surface area contributed by atoms with Crippen molar-refractivity contribution in [2.24, 2.45) is 5.73 Å². The van der Waals surface area contributed by atoms with Crippen LogP contribution in [0.3, 0.4) is 0 Å². The molecule has 1 rings (SSSR count). The van der Waals surface area contributed by atoms with E-state index >= 15 is 0 Å². The molecule has 0 aliphatic heterocycles. The molecule has 4 nitrogen and oxygen atoms in total. The van der Waals surface area contributed by atoms with Crippen molar-refractivity contribution in [1.29, 1.82) is 0 Å². The summed E-state index contributed by atoms with van der Waals surface area (Å²) in [5, 5.41) is 13.7. The SMILES string of the molecule is CCCCNc1ccc(C(=O)C(N)C(O)(CC)CC)cc1.Cl. The van der Waals surface area contributed by atoms with Crippen molar-refractivity contribution in [1.82, 2.24) is 0 Å². The normalized spacial score (nSPS) is 12.4. The third kappa shape index (κ3) is 5.27. The van der Waals surface area contributed by atoms with E-state index in [4.69, 9.17) is 5.73 Å². The molecule has 0 fully saturated rings. The molecule has 0 saturated heterocycles. The van der Waals surface area contributed by atoms with Gasteiger partial charge in [-0.05, 0) is 43.5 Å². The maximum absolute atomic E-state index is 12.4. The van der Waals surface area contributed by atoms with Crippen LogP contribution in [0.1, 0.15) is 56.8 Å². The van der Waals surface area contributed by atoms with Crippen molar-refractivity contribution in [2.45, 2.75) is 58.1 Å². The molecule has 0 heterocycles. The third-order valence-electron chi connectivity index (χ3n) is 4.11. The number of hydrogen-bond acceptors (Lipinski definition) is 4. The first-order valence-corrected chi connectivity index (χ1v) is 7.84. The number of anilines is 1. The Morgan fingerprint density at radius 1 is 1.23 bits per heavy atom. The molecule has 5 heteroatoms. The number of rotatable bonds is 9. The van der Waals surface area contributed by atoms with Gasteiger partial charge in [0, 0.05) is 17.8 Å². The summed E-state index contributed by atoms with van der Waals surface area (Å²) in [6.07, 6.45) is 3.19. The van der Waals surface area contributed by atoms with Crippen LogP contribution in [0.25, 0.3) is 0 Å². The van der Waals surface area contributed by atoms with E-state index in [0.717, 1.165) is 25.1 Å². The number of Topliss-reactive ketones (excluding diaryl/α,β-unsaturated/α-hetero) is 1. The van der Waals surface area contributed by atoms with Crippen LogP contribution >= 0.6 is 12.4 Å². The third-order valence-corrected chi connectivity index (χ3v) is 4.11. The highest BCUT2D eigenvalue weighted by atomic mass is 35.5. The number of carbonyl (C=O) groups is 1. The maximum atomic E-state index is 12.4. The van der Waals surface area contributed by atoms with Gasteiger partial charge in [0.2, 0.25) is 0 Å². The van der Waals surface area contributed by atoms with Crippen LogP contribution in [0.5, 0.6) is 0 Å². The molecule has 1 unspecified atom stereocenters. The minimum atomic E-state index is -1.13. The van der Waals surface area contributed by atoms with Gasteiger partial charge in [-0.2, -0.15) is 0 Å². The monoisotopic (exact) mass is 328 g/mol. The summed E-state index contributed by atoms with van der Waals surface area (Å²) in [4.78, 5) is 12.4. The minimum absolute atomic E-state index is 0. The Morgan fingerprint density at radius 2 is 1.77 bits per heavy atom.